The molecule has 0 unspecified atom stereocenters. The summed E-state index contributed by atoms with van der Waals surface area (Å²) >= 11 is 3.67. The van der Waals surface area contributed by atoms with Crippen LogP contribution in [0, 0.1) is 6.92 Å². The van der Waals surface area contributed by atoms with Crippen molar-refractivity contribution in [3.8, 4) is 0 Å². The molecule has 0 amide bonds. The molecule has 0 saturated carbocycles. The summed E-state index contributed by atoms with van der Waals surface area (Å²) in [5.41, 5.74) is 2.57. The largest absolute Gasteiger partial charge is 0.342 e. The molecule has 2 rings (SSSR count). The number of rotatable bonds is 5. The van der Waals surface area contributed by atoms with Gasteiger partial charge in [0.05, 0.1) is 0 Å². The molecule has 0 aliphatic heterocycles. The van der Waals surface area contributed by atoms with E-state index in [1.165, 1.54) is 21.1 Å². The molecule has 0 fully saturated rings. The van der Waals surface area contributed by atoms with Crippen LogP contribution >= 0.6 is 15.9 Å². The van der Waals surface area contributed by atoms with Crippen molar-refractivity contribution in [3.05, 3.63) is 47.1 Å². The molecule has 0 radical (unpaired) electrons. The second-order valence-corrected chi connectivity index (χ2v) is 4.85. The molecule has 3 heteroatoms. The van der Waals surface area contributed by atoms with E-state index in [-0.39, 0.29) is 0 Å². The van der Waals surface area contributed by atoms with E-state index in [0.717, 1.165) is 19.6 Å². The van der Waals surface area contributed by atoms with Crippen molar-refractivity contribution >= 4 is 26.8 Å². The van der Waals surface area contributed by atoms with Crippen molar-refractivity contribution in [1.82, 2.24) is 9.88 Å². The zero-order valence-corrected chi connectivity index (χ0v) is 11.6. The predicted molar refractivity (Wildman–Crippen MR) is 77.4 cm³/mol. The fraction of sp³-hybridized carbons (Fsp3) is 0.286. The topological polar surface area (TPSA) is 17.0 Å². The molecule has 17 heavy (non-hydrogen) atoms. The fourth-order valence-electron chi connectivity index (χ4n) is 2.07. The molecule has 0 aliphatic rings. The lowest BCUT2D eigenvalue weighted by Gasteiger charge is -2.08. The molecule has 0 atom stereocenters. The maximum absolute atomic E-state index is 3.70. The van der Waals surface area contributed by atoms with Gasteiger partial charge in [-0.15, -0.1) is 6.58 Å². The van der Waals surface area contributed by atoms with Gasteiger partial charge in [-0.05, 0) is 28.9 Å². The first-order valence-corrected chi connectivity index (χ1v) is 6.60. The van der Waals surface area contributed by atoms with Crippen molar-refractivity contribution in [2.45, 2.75) is 13.5 Å². The Morgan fingerprint density at radius 2 is 2.18 bits per heavy atom. The minimum atomic E-state index is 0.861. The highest BCUT2D eigenvalue weighted by molar-refractivity contribution is 9.10. The second-order valence-electron chi connectivity index (χ2n) is 4.06. The van der Waals surface area contributed by atoms with Crippen LogP contribution in [0.2, 0.25) is 0 Å². The van der Waals surface area contributed by atoms with Gasteiger partial charge in [0.2, 0.25) is 0 Å². The van der Waals surface area contributed by atoms with E-state index < -0.39 is 0 Å². The molecule has 2 aromatic rings. The van der Waals surface area contributed by atoms with Crippen LogP contribution < -0.4 is 5.32 Å². The lowest BCUT2D eigenvalue weighted by atomic mass is 10.2. The highest BCUT2D eigenvalue weighted by Crippen LogP contribution is 2.30. The molecular formula is C14H17BrN2. The molecule has 90 valence electrons. The first-order valence-electron chi connectivity index (χ1n) is 5.80. The Kier molecular flexibility index (Phi) is 4.02. The molecule has 0 saturated heterocycles. The number of nitrogens with one attached hydrogen (secondary N) is 1. The van der Waals surface area contributed by atoms with Crippen LogP contribution in [0.5, 0.6) is 0 Å². The van der Waals surface area contributed by atoms with E-state index in [9.17, 15) is 0 Å². The average molecular weight is 293 g/mol. The van der Waals surface area contributed by atoms with Crippen LogP contribution in [0.25, 0.3) is 10.9 Å². The van der Waals surface area contributed by atoms with E-state index in [2.05, 4.69) is 63.6 Å². The quantitative estimate of drug-likeness (QED) is 0.659. The summed E-state index contributed by atoms with van der Waals surface area (Å²) in [7, 11) is 0. The van der Waals surface area contributed by atoms with Crippen LogP contribution in [-0.4, -0.2) is 17.7 Å². The van der Waals surface area contributed by atoms with Crippen LogP contribution in [0.4, 0.5) is 0 Å². The van der Waals surface area contributed by atoms with Gasteiger partial charge in [0.15, 0.2) is 0 Å². The number of benzene rings is 1. The summed E-state index contributed by atoms with van der Waals surface area (Å²) in [6.45, 7) is 8.65. The summed E-state index contributed by atoms with van der Waals surface area (Å²) in [6, 6.07) is 8.48. The smallest absolute Gasteiger partial charge is 0.0494 e. The Morgan fingerprint density at radius 1 is 1.41 bits per heavy atom. The highest BCUT2D eigenvalue weighted by Gasteiger charge is 2.10. The first kappa shape index (κ1) is 12.4. The van der Waals surface area contributed by atoms with Gasteiger partial charge in [0.25, 0.3) is 0 Å². The average Bonchev–Trinajstić information content (AvgIpc) is 2.60. The number of fused-ring (bicyclic) bond motifs is 1. The Bertz CT molecular complexity index is 528. The van der Waals surface area contributed by atoms with Gasteiger partial charge < -0.3 is 9.88 Å². The molecule has 2 nitrogen and oxygen atoms in total. The number of hydrogen-bond donors (Lipinski definition) is 1. The van der Waals surface area contributed by atoms with Crippen LogP contribution in [0.3, 0.4) is 0 Å². The monoisotopic (exact) mass is 292 g/mol. The zero-order valence-electron chi connectivity index (χ0n) is 10.0. The van der Waals surface area contributed by atoms with Crippen LogP contribution in [0.15, 0.2) is 41.4 Å². The molecule has 1 N–H and O–H groups in total. The number of aromatic nitrogens is 1. The van der Waals surface area contributed by atoms with E-state index in [4.69, 9.17) is 0 Å². The third kappa shape index (κ3) is 2.45. The molecule has 1 heterocycles. The lowest BCUT2D eigenvalue weighted by Crippen LogP contribution is -2.20. The van der Waals surface area contributed by atoms with E-state index in [1.807, 2.05) is 6.08 Å². The Labute approximate surface area is 110 Å². The van der Waals surface area contributed by atoms with Crippen LogP contribution in [-0.2, 0) is 6.54 Å². The maximum atomic E-state index is 3.70. The van der Waals surface area contributed by atoms with Crippen molar-refractivity contribution in [2.24, 2.45) is 0 Å². The maximum Gasteiger partial charge on any atom is 0.0494 e. The Morgan fingerprint density at radius 3 is 2.94 bits per heavy atom. The predicted octanol–water partition coefficient (Wildman–Crippen LogP) is 3.49. The van der Waals surface area contributed by atoms with E-state index in [1.54, 1.807) is 0 Å². The first-order chi connectivity index (χ1) is 8.25. The van der Waals surface area contributed by atoms with Crippen molar-refractivity contribution in [3.63, 3.8) is 0 Å². The summed E-state index contributed by atoms with van der Waals surface area (Å²) in [5.74, 6) is 0. The summed E-state index contributed by atoms with van der Waals surface area (Å²) in [5, 5.41) is 4.62. The number of halogens is 1. The summed E-state index contributed by atoms with van der Waals surface area (Å²) < 4.78 is 3.55. The van der Waals surface area contributed by atoms with Gasteiger partial charge in [-0.2, -0.15) is 0 Å². The van der Waals surface area contributed by atoms with Gasteiger partial charge in [-0.1, -0.05) is 24.3 Å². The van der Waals surface area contributed by atoms with Gasteiger partial charge in [0.1, 0.15) is 0 Å². The minimum Gasteiger partial charge on any atom is -0.342 e. The van der Waals surface area contributed by atoms with Gasteiger partial charge in [0, 0.05) is 40.7 Å². The third-order valence-corrected chi connectivity index (χ3v) is 3.96. The standard InChI is InChI=1S/C14H17BrN2/c1-3-8-16-9-10-17-11(2)14(15)12-6-4-5-7-13(12)17/h3-7,16H,1,8-10H2,2H3. The molecule has 1 aromatic carbocycles. The number of nitrogens with zero attached hydrogens (tertiary/aromatic N) is 1. The van der Waals surface area contributed by atoms with Gasteiger partial charge >= 0.3 is 0 Å². The lowest BCUT2D eigenvalue weighted by molar-refractivity contribution is 0.630. The molecular weight excluding hydrogens is 276 g/mol. The van der Waals surface area contributed by atoms with Crippen molar-refractivity contribution < 1.29 is 0 Å². The fourth-order valence-corrected chi connectivity index (χ4v) is 2.62. The zero-order chi connectivity index (χ0) is 12.3. The highest BCUT2D eigenvalue weighted by atomic mass is 79.9. The van der Waals surface area contributed by atoms with Crippen molar-refractivity contribution in [1.29, 1.82) is 0 Å². The minimum absolute atomic E-state index is 0.861. The van der Waals surface area contributed by atoms with E-state index >= 15 is 0 Å². The molecule has 0 spiro atoms. The molecule has 1 aromatic heterocycles. The molecule has 0 bridgehead atoms. The van der Waals surface area contributed by atoms with E-state index in [0.29, 0.717) is 0 Å². The SMILES string of the molecule is C=CCNCCn1c(C)c(Br)c2ccccc21. The van der Waals surface area contributed by atoms with Gasteiger partial charge in [-0.25, -0.2) is 0 Å². The number of para-hydroxylation sites is 1. The van der Waals surface area contributed by atoms with Crippen LogP contribution in [0.1, 0.15) is 5.69 Å². The van der Waals surface area contributed by atoms with Gasteiger partial charge in [-0.3, -0.25) is 0 Å². The second kappa shape index (κ2) is 5.52. The summed E-state index contributed by atoms with van der Waals surface area (Å²) in [4.78, 5) is 0. The third-order valence-electron chi connectivity index (χ3n) is 2.95. The Hall–Kier alpha value is -1.06. The van der Waals surface area contributed by atoms with Crippen molar-refractivity contribution in [2.75, 3.05) is 13.1 Å². The Balaban J connectivity index is 2.26. The number of hydrogen-bond acceptors (Lipinski definition) is 1. The normalized spacial score (nSPS) is 10.9. The molecule has 0 aliphatic carbocycles. The summed E-state index contributed by atoms with van der Waals surface area (Å²) in [6.07, 6.45) is 1.89.